The van der Waals surface area contributed by atoms with Crippen molar-refractivity contribution < 1.29 is 14.6 Å². The minimum absolute atomic E-state index is 0.0294. The van der Waals surface area contributed by atoms with Crippen molar-refractivity contribution in [3.63, 3.8) is 0 Å². The van der Waals surface area contributed by atoms with E-state index in [0.29, 0.717) is 19.0 Å². The summed E-state index contributed by atoms with van der Waals surface area (Å²) >= 11 is 0. The topological polar surface area (TPSA) is 61.8 Å². The Bertz CT molecular complexity index is 469. The van der Waals surface area contributed by atoms with Gasteiger partial charge in [-0.2, -0.15) is 0 Å². The highest BCUT2D eigenvalue weighted by atomic mass is 16.6. The zero-order valence-corrected chi connectivity index (χ0v) is 11.4. The Kier molecular flexibility index (Phi) is 3.78. The second kappa shape index (κ2) is 5.71. The summed E-state index contributed by atoms with van der Waals surface area (Å²) in [4.78, 5) is 13.7. The number of carbonyl (C=O) groups is 1. The van der Waals surface area contributed by atoms with Crippen molar-refractivity contribution in [3.8, 4) is 5.75 Å². The molecule has 108 valence electrons. The fraction of sp³-hybridized carbons (Fsp3) is 0.533. The first-order chi connectivity index (χ1) is 9.72. The van der Waals surface area contributed by atoms with E-state index >= 15 is 0 Å². The highest BCUT2D eigenvalue weighted by Crippen LogP contribution is 2.26. The summed E-state index contributed by atoms with van der Waals surface area (Å²) in [7, 11) is 0. The molecule has 0 spiro atoms. The fourth-order valence-corrected chi connectivity index (χ4v) is 2.95. The first kappa shape index (κ1) is 13.2. The van der Waals surface area contributed by atoms with Crippen LogP contribution in [0.25, 0.3) is 0 Å². The lowest BCUT2D eigenvalue weighted by Gasteiger charge is -2.26. The number of hydrogen-bond donors (Lipinski definition) is 2. The van der Waals surface area contributed by atoms with Crippen LogP contribution in [0.3, 0.4) is 0 Å². The normalized spacial score (nSPS) is 23.9. The Labute approximate surface area is 118 Å². The van der Waals surface area contributed by atoms with Crippen molar-refractivity contribution >= 4 is 6.09 Å². The van der Waals surface area contributed by atoms with Crippen LogP contribution in [-0.2, 0) is 11.3 Å². The molecule has 5 nitrogen and oxygen atoms in total. The first-order valence-electron chi connectivity index (χ1n) is 7.16. The van der Waals surface area contributed by atoms with Gasteiger partial charge in [-0.1, -0.05) is 12.1 Å². The van der Waals surface area contributed by atoms with Gasteiger partial charge in [-0.25, -0.2) is 4.79 Å². The summed E-state index contributed by atoms with van der Waals surface area (Å²) in [5.41, 5.74) is 1.01. The highest BCUT2D eigenvalue weighted by Gasteiger charge is 2.36. The molecule has 0 radical (unpaired) electrons. The molecule has 2 aliphatic heterocycles. The van der Waals surface area contributed by atoms with Gasteiger partial charge in [0.2, 0.25) is 0 Å². The molecular weight excluding hydrogens is 256 g/mol. The number of amides is 1. The number of cyclic esters (lactones) is 1. The summed E-state index contributed by atoms with van der Waals surface area (Å²) in [6.45, 7) is 3.23. The minimum Gasteiger partial charge on any atom is -0.508 e. The molecule has 1 aromatic carbocycles. The zero-order valence-electron chi connectivity index (χ0n) is 11.4. The molecule has 0 aromatic heterocycles. The molecule has 2 N–H and O–H groups in total. The number of aromatic hydroxyl groups is 1. The number of ether oxygens (including phenoxy) is 1. The average Bonchev–Trinajstić information content (AvgIpc) is 2.84. The largest absolute Gasteiger partial charge is 0.508 e. The van der Waals surface area contributed by atoms with Crippen molar-refractivity contribution in [2.24, 2.45) is 5.92 Å². The van der Waals surface area contributed by atoms with Gasteiger partial charge >= 0.3 is 6.09 Å². The third-order valence-corrected chi connectivity index (χ3v) is 4.13. The lowest BCUT2D eigenvalue weighted by atomic mass is 9.92. The fourth-order valence-electron chi connectivity index (χ4n) is 2.95. The number of hydrogen-bond acceptors (Lipinski definition) is 4. The van der Waals surface area contributed by atoms with E-state index in [1.54, 1.807) is 17.0 Å². The second-order valence-corrected chi connectivity index (χ2v) is 5.56. The molecular formula is C15H20N2O3. The summed E-state index contributed by atoms with van der Waals surface area (Å²) in [6.07, 6.45) is 1.96. The van der Waals surface area contributed by atoms with Gasteiger partial charge < -0.3 is 20.1 Å². The molecule has 2 heterocycles. The third-order valence-electron chi connectivity index (χ3n) is 4.13. The Morgan fingerprint density at radius 3 is 2.65 bits per heavy atom. The van der Waals surface area contributed by atoms with Crippen molar-refractivity contribution in [1.29, 1.82) is 0 Å². The van der Waals surface area contributed by atoms with Gasteiger partial charge in [-0.15, -0.1) is 0 Å². The molecule has 20 heavy (non-hydrogen) atoms. The molecule has 2 aliphatic rings. The van der Waals surface area contributed by atoms with Crippen LogP contribution in [-0.4, -0.2) is 41.8 Å². The maximum absolute atomic E-state index is 11.9. The highest BCUT2D eigenvalue weighted by molar-refractivity contribution is 5.70. The number of phenols is 1. The Hall–Kier alpha value is -1.75. The van der Waals surface area contributed by atoms with E-state index in [2.05, 4.69) is 5.32 Å². The van der Waals surface area contributed by atoms with Crippen LogP contribution >= 0.6 is 0 Å². The predicted octanol–water partition coefficient (Wildman–Crippen LogP) is 1.71. The van der Waals surface area contributed by atoms with Gasteiger partial charge in [0, 0.05) is 12.5 Å². The third kappa shape index (κ3) is 2.88. The van der Waals surface area contributed by atoms with Crippen LogP contribution in [0.4, 0.5) is 4.79 Å². The Morgan fingerprint density at radius 2 is 1.95 bits per heavy atom. The molecule has 1 amide bonds. The summed E-state index contributed by atoms with van der Waals surface area (Å²) < 4.78 is 5.52. The lowest BCUT2D eigenvalue weighted by Crippen LogP contribution is -2.36. The SMILES string of the molecule is O=C1OC(C2CCNCC2)CN1Cc1ccc(O)cc1. The van der Waals surface area contributed by atoms with Gasteiger partial charge in [0.05, 0.1) is 6.54 Å². The van der Waals surface area contributed by atoms with E-state index in [1.807, 2.05) is 12.1 Å². The molecule has 5 heteroatoms. The van der Waals surface area contributed by atoms with Crippen LogP contribution < -0.4 is 5.32 Å². The van der Waals surface area contributed by atoms with Crippen LogP contribution in [0.5, 0.6) is 5.75 Å². The molecule has 3 rings (SSSR count). The van der Waals surface area contributed by atoms with Crippen molar-refractivity contribution in [2.45, 2.75) is 25.5 Å². The molecule has 1 unspecified atom stereocenters. The van der Waals surface area contributed by atoms with Crippen LogP contribution in [0.1, 0.15) is 18.4 Å². The smallest absolute Gasteiger partial charge is 0.410 e. The molecule has 1 atom stereocenters. The summed E-state index contributed by atoms with van der Waals surface area (Å²) in [5, 5.41) is 12.6. The van der Waals surface area contributed by atoms with Crippen LogP contribution in [0, 0.1) is 5.92 Å². The molecule has 0 bridgehead atoms. The molecule has 1 aromatic rings. The van der Waals surface area contributed by atoms with E-state index in [0.717, 1.165) is 31.5 Å². The number of benzene rings is 1. The van der Waals surface area contributed by atoms with Gasteiger partial charge in [0.25, 0.3) is 0 Å². The van der Waals surface area contributed by atoms with Gasteiger partial charge in [0.15, 0.2) is 0 Å². The summed E-state index contributed by atoms with van der Waals surface area (Å²) in [6, 6.07) is 6.95. The predicted molar refractivity (Wildman–Crippen MR) is 74.4 cm³/mol. The number of nitrogens with zero attached hydrogens (tertiary/aromatic N) is 1. The number of nitrogens with one attached hydrogen (secondary N) is 1. The first-order valence-corrected chi connectivity index (χ1v) is 7.16. The second-order valence-electron chi connectivity index (χ2n) is 5.56. The van der Waals surface area contributed by atoms with Crippen LogP contribution in [0.2, 0.25) is 0 Å². The van der Waals surface area contributed by atoms with Gasteiger partial charge in [-0.05, 0) is 43.6 Å². The Morgan fingerprint density at radius 1 is 1.25 bits per heavy atom. The van der Waals surface area contributed by atoms with Gasteiger partial charge in [-0.3, -0.25) is 0 Å². The monoisotopic (exact) mass is 276 g/mol. The van der Waals surface area contributed by atoms with E-state index in [-0.39, 0.29) is 17.9 Å². The summed E-state index contributed by atoms with van der Waals surface area (Å²) in [5.74, 6) is 0.718. The Balaban J connectivity index is 1.60. The number of phenolic OH excluding ortho intramolecular Hbond substituents is 1. The molecule has 0 aliphatic carbocycles. The van der Waals surface area contributed by atoms with Crippen molar-refractivity contribution in [1.82, 2.24) is 10.2 Å². The van der Waals surface area contributed by atoms with Crippen molar-refractivity contribution in [2.75, 3.05) is 19.6 Å². The average molecular weight is 276 g/mol. The maximum atomic E-state index is 11.9. The number of carbonyl (C=O) groups excluding carboxylic acids is 1. The van der Waals surface area contributed by atoms with Crippen molar-refractivity contribution in [3.05, 3.63) is 29.8 Å². The molecule has 2 saturated heterocycles. The lowest BCUT2D eigenvalue weighted by molar-refractivity contribution is 0.0905. The van der Waals surface area contributed by atoms with Gasteiger partial charge in [0.1, 0.15) is 11.9 Å². The van der Waals surface area contributed by atoms with E-state index in [9.17, 15) is 9.90 Å². The van der Waals surface area contributed by atoms with E-state index in [1.165, 1.54) is 0 Å². The quantitative estimate of drug-likeness (QED) is 0.882. The van der Waals surface area contributed by atoms with Crippen LogP contribution in [0.15, 0.2) is 24.3 Å². The molecule has 2 fully saturated rings. The standard InChI is InChI=1S/C15H20N2O3/c18-13-3-1-11(2-4-13)9-17-10-14(20-15(17)19)12-5-7-16-8-6-12/h1-4,12,14,16,18H,5-10H2. The maximum Gasteiger partial charge on any atom is 0.410 e. The number of rotatable bonds is 3. The van der Waals surface area contributed by atoms with E-state index in [4.69, 9.17) is 4.74 Å². The number of piperidine rings is 1. The molecule has 0 saturated carbocycles. The zero-order chi connectivity index (χ0) is 13.9. The minimum atomic E-state index is -0.221. The van der Waals surface area contributed by atoms with E-state index < -0.39 is 0 Å².